The lowest BCUT2D eigenvalue weighted by Gasteiger charge is -1.98. The van der Waals surface area contributed by atoms with Crippen molar-refractivity contribution in [2.24, 2.45) is 11.7 Å². The van der Waals surface area contributed by atoms with Crippen LogP contribution in [0.3, 0.4) is 0 Å². The topological polar surface area (TPSA) is 98.6 Å². The first-order chi connectivity index (χ1) is 4.80. The summed E-state index contributed by atoms with van der Waals surface area (Å²) in [5.74, 6) is 7.17. The SMILES string of the molecule is NN.O=C(O)[C@@H]1CCCO1. The second-order valence-corrected chi connectivity index (χ2v) is 1.84. The normalized spacial score (nSPS) is 23.2. The van der Waals surface area contributed by atoms with E-state index in [1.807, 2.05) is 0 Å². The minimum atomic E-state index is -0.831. The summed E-state index contributed by atoms with van der Waals surface area (Å²) in [6.07, 6.45) is 1.04. The highest BCUT2D eigenvalue weighted by Gasteiger charge is 2.21. The summed E-state index contributed by atoms with van der Waals surface area (Å²) in [5.41, 5.74) is 0. The second kappa shape index (κ2) is 5.16. The van der Waals surface area contributed by atoms with Crippen LogP contribution >= 0.6 is 0 Å². The molecule has 0 bridgehead atoms. The van der Waals surface area contributed by atoms with Crippen LogP contribution in [-0.2, 0) is 9.53 Å². The van der Waals surface area contributed by atoms with Gasteiger partial charge in [-0.3, -0.25) is 11.7 Å². The van der Waals surface area contributed by atoms with Crippen LogP contribution in [0.4, 0.5) is 0 Å². The van der Waals surface area contributed by atoms with Gasteiger partial charge in [-0.1, -0.05) is 0 Å². The summed E-state index contributed by atoms with van der Waals surface area (Å²) in [6, 6.07) is 0. The zero-order chi connectivity index (χ0) is 7.98. The monoisotopic (exact) mass is 148 g/mol. The Bertz CT molecular complexity index is 101. The van der Waals surface area contributed by atoms with Crippen LogP contribution in [0.1, 0.15) is 12.8 Å². The lowest BCUT2D eigenvalue weighted by molar-refractivity contribution is -0.147. The molecule has 1 heterocycles. The van der Waals surface area contributed by atoms with Gasteiger partial charge in [0.15, 0.2) is 6.10 Å². The number of carboxylic acids is 1. The number of carboxylic acid groups (broad SMARTS) is 1. The Morgan fingerprint density at radius 2 is 2.20 bits per heavy atom. The first-order valence-corrected chi connectivity index (χ1v) is 2.98. The molecule has 0 aromatic carbocycles. The van der Waals surface area contributed by atoms with Gasteiger partial charge < -0.3 is 9.84 Å². The van der Waals surface area contributed by atoms with Crippen molar-refractivity contribution in [2.75, 3.05) is 6.61 Å². The third-order valence-electron chi connectivity index (χ3n) is 1.21. The zero-order valence-electron chi connectivity index (χ0n) is 5.62. The van der Waals surface area contributed by atoms with Crippen LogP contribution < -0.4 is 11.7 Å². The molecular weight excluding hydrogens is 136 g/mol. The van der Waals surface area contributed by atoms with Crippen LogP contribution in [-0.4, -0.2) is 23.8 Å². The predicted molar refractivity (Wildman–Crippen MR) is 35.0 cm³/mol. The van der Waals surface area contributed by atoms with Crippen molar-refractivity contribution in [2.45, 2.75) is 18.9 Å². The van der Waals surface area contributed by atoms with Gasteiger partial charge in [-0.05, 0) is 12.8 Å². The average molecular weight is 148 g/mol. The molecule has 0 saturated carbocycles. The van der Waals surface area contributed by atoms with E-state index < -0.39 is 12.1 Å². The highest BCUT2D eigenvalue weighted by molar-refractivity contribution is 5.72. The number of hydrazine groups is 1. The van der Waals surface area contributed by atoms with E-state index >= 15 is 0 Å². The fourth-order valence-electron chi connectivity index (χ4n) is 0.772. The summed E-state index contributed by atoms with van der Waals surface area (Å²) in [4.78, 5) is 10.1. The van der Waals surface area contributed by atoms with Gasteiger partial charge in [-0.2, -0.15) is 0 Å². The summed E-state index contributed by atoms with van der Waals surface area (Å²) < 4.78 is 4.81. The van der Waals surface area contributed by atoms with E-state index in [1.165, 1.54) is 0 Å². The molecule has 0 aromatic heterocycles. The fraction of sp³-hybridized carbons (Fsp3) is 0.800. The molecule has 0 amide bonds. The Morgan fingerprint density at radius 1 is 1.60 bits per heavy atom. The van der Waals surface area contributed by atoms with Crippen LogP contribution in [0, 0.1) is 0 Å². The van der Waals surface area contributed by atoms with E-state index in [4.69, 9.17) is 9.84 Å². The van der Waals surface area contributed by atoms with Crippen LogP contribution in [0.5, 0.6) is 0 Å². The van der Waals surface area contributed by atoms with Gasteiger partial charge >= 0.3 is 5.97 Å². The quantitative estimate of drug-likeness (QED) is 0.329. The maximum Gasteiger partial charge on any atom is 0.332 e. The summed E-state index contributed by atoms with van der Waals surface area (Å²) in [6.45, 7) is 0.608. The van der Waals surface area contributed by atoms with Gasteiger partial charge in [0, 0.05) is 6.61 Å². The highest BCUT2D eigenvalue weighted by Crippen LogP contribution is 2.10. The van der Waals surface area contributed by atoms with E-state index in [0.29, 0.717) is 13.0 Å². The molecule has 5 nitrogen and oxygen atoms in total. The largest absolute Gasteiger partial charge is 0.479 e. The van der Waals surface area contributed by atoms with Gasteiger partial charge in [0.25, 0.3) is 0 Å². The molecule has 1 saturated heterocycles. The van der Waals surface area contributed by atoms with E-state index in [-0.39, 0.29) is 0 Å². The lowest BCUT2D eigenvalue weighted by Crippen LogP contribution is -2.17. The van der Waals surface area contributed by atoms with Crippen molar-refractivity contribution in [3.63, 3.8) is 0 Å². The van der Waals surface area contributed by atoms with Crippen molar-refractivity contribution >= 4 is 5.97 Å². The molecule has 5 heteroatoms. The van der Waals surface area contributed by atoms with E-state index in [2.05, 4.69) is 11.7 Å². The van der Waals surface area contributed by atoms with Crippen LogP contribution in [0.2, 0.25) is 0 Å². The van der Waals surface area contributed by atoms with Crippen molar-refractivity contribution in [3.05, 3.63) is 0 Å². The Balaban J connectivity index is 0.000000371. The summed E-state index contributed by atoms with van der Waals surface area (Å²) >= 11 is 0. The summed E-state index contributed by atoms with van der Waals surface area (Å²) in [5, 5.41) is 8.29. The Morgan fingerprint density at radius 3 is 2.40 bits per heavy atom. The van der Waals surface area contributed by atoms with Crippen molar-refractivity contribution in [1.29, 1.82) is 0 Å². The smallest absolute Gasteiger partial charge is 0.332 e. The highest BCUT2D eigenvalue weighted by atomic mass is 16.5. The number of aliphatic carboxylic acids is 1. The van der Waals surface area contributed by atoms with Crippen LogP contribution in [0.25, 0.3) is 0 Å². The van der Waals surface area contributed by atoms with Crippen LogP contribution in [0.15, 0.2) is 0 Å². The van der Waals surface area contributed by atoms with Crippen molar-refractivity contribution < 1.29 is 14.6 Å². The number of rotatable bonds is 1. The molecule has 1 aliphatic rings. The molecule has 1 atom stereocenters. The minimum absolute atomic E-state index is 0.519. The van der Waals surface area contributed by atoms with E-state index in [1.54, 1.807) is 0 Å². The number of hydrogen-bond donors (Lipinski definition) is 3. The zero-order valence-corrected chi connectivity index (χ0v) is 5.62. The summed E-state index contributed by atoms with van der Waals surface area (Å²) in [7, 11) is 0. The molecule has 5 N–H and O–H groups in total. The third kappa shape index (κ3) is 2.77. The van der Waals surface area contributed by atoms with E-state index in [0.717, 1.165) is 6.42 Å². The fourth-order valence-corrected chi connectivity index (χ4v) is 0.772. The molecule has 0 radical (unpaired) electrons. The van der Waals surface area contributed by atoms with Crippen molar-refractivity contribution in [1.82, 2.24) is 0 Å². The number of ether oxygens (including phenoxy) is 1. The van der Waals surface area contributed by atoms with Gasteiger partial charge in [-0.15, -0.1) is 0 Å². The molecule has 10 heavy (non-hydrogen) atoms. The lowest BCUT2D eigenvalue weighted by atomic mass is 10.2. The molecular formula is C5H12N2O3. The number of carbonyl (C=O) groups is 1. The predicted octanol–water partition coefficient (Wildman–Crippen LogP) is -0.931. The molecule has 60 valence electrons. The number of nitrogens with two attached hydrogens (primary N) is 2. The van der Waals surface area contributed by atoms with Gasteiger partial charge in [0.05, 0.1) is 0 Å². The number of hydrogen-bond acceptors (Lipinski definition) is 4. The average Bonchev–Trinajstić information content (AvgIpc) is 2.42. The molecule has 0 aliphatic carbocycles. The first-order valence-electron chi connectivity index (χ1n) is 2.98. The standard InChI is InChI=1S/C5H8O3.H4N2/c6-5(7)4-2-1-3-8-4;1-2/h4H,1-3H2,(H,6,7);1-2H2/t4-;/m0./s1. The van der Waals surface area contributed by atoms with Gasteiger partial charge in [0.2, 0.25) is 0 Å². The molecule has 0 spiro atoms. The van der Waals surface area contributed by atoms with Crippen molar-refractivity contribution in [3.8, 4) is 0 Å². The molecule has 0 unspecified atom stereocenters. The second-order valence-electron chi connectivity index (χ2n) is 1.84. The van der Waals surface area contributed by atoms with E-state index in [9.17, 15) is 4.79 Å². The minimum Gasteiger partial charge on any atom is -0.479 e. The third-order valence-corrected chi connectivity index (χ3v) is 1.21. The molecule has 1 rings (SSSR count). The molecule has 1 aliphatic heterocycles. The van der Waals surface area contributed by atoms with Gasteiger partial charge in [-0.25, -0.2) is 4.79 Å². The maximum atomic E-state index is 10.1. The maximum absolute atomic E-state index is 10.1. The Hall–Kier alpha value is -0.650. The Kier molecular flexibility index (Phi) is 4.82. The first kappa shape index (κ1) is 9.35. The Labute approximate surface area is 58.9 Å². The molecule has 1 fully saturated rings. The molecule has 0 aromatic rings. The van der Waals surface area contributed by atoms with Gasteiger partial charge in [0.1, 0.15) is 0 Å².